The Morgan fingerprint density at radius 1 is 1.20 bits per heavy atom. The van der Waals surface area contributed by atoms with Gasteiger partial charge in [0, 0.05) is 0 Å². The van der Waals surface area contributed by atoms with Gasteiger partial charge in [0.25, 0.3) is 0 Å². The first kappa shape index (κ1) is 5.77. The predicted octanol–water partition coefficient (Wildman–Crippen LogP) is 0.458. The van der Waals surface area contributed by atoms with Crippen LogP contribution in [0.4, 0.5) is 0 Å². The van der Waals surface area contributed by atoms with Gasteiger partial charge in [0.15, 0.2) is 0 Å². The minimum Gasteiger partial charge on any atom is -0.0528 e. The summed E-state index contributed by atoms with van der Waals surface area (Å²) in [7, 11) is 0. The average molecular weight is 81.4 g/mol. The first-order valence-electron chi connectivity index (χ1n) is 1.82. The van der Waals surface area contributed by atoms with Crippen LogP contribution in [0.3, 0.4) is 0 Å². The molecule has 0 amide bonds. The largest absolute Gasteiger partial charge is 0.316 e. The number of rotatable bonds is 0. The lowest BCUT2D eigenvalue weighted by Crippen LogP contribution is -1.87. The van der Waals surface area contributed by atoms with Gasteiger partial charge in [-0.1, -0.05) is 19.3 Å². The number of hydrogen-bond acceptors (Lipinski definition) is 0. The normalized spacial score (nSPS) is 19.2. The fraction of sp³-hybridized carbons (Fsp3) is 0.750. The van der Waals surface area contributed by atoms with Gasteiger partial charge in [-0.05, 0) is 6.42 Å². The summed E-state index contributed by atoms with van der Waals surface area (Å²) in [5, 5.41) is 0. The smallest absolute Gasteiger partial charge is 0.0528 e. The molecule has 1 heteroatoms. The summed E-state index contributed by atoms with van der Waals surface area (Å²) in [5.74, 6) is 0. The van der Waals surface area contributed by atoms with E-state index in [1.165, 1.54) is 19.3 Å². The highest BCUT2D eigenvalue weighted by molar-refractivity contribution is 5.75. The fourth-order valence-electron chi connectivity index (χ4n) is 0.204. The van der Waals surface area contributed by atoms with Gasteiger partial charge in [-0.15, -0.1) is 0 Å². The molecule has 0 bridgehead atoms. The van der Waals surface area contributed by atoms with Gasteiger partial charge in [-0.25, -0.2) is 0 Å². The van der Waals surface area contributed by atoms with Crippen LogP contribution in [0, 0.1) is 6.42 Å². The highest BCUT2D eigenvalue weighted by Crippen LogP contribution is 2.13. The molecule has 1 radical (unpaired) electrons. The SMILES string of the molecule is [CH]1CCC1.[MgH2]. The van der Waals surface area contributed by atoms with E-state index in [1.54, 1.807) is 0 Å². The maximum Gasteiger partial charge on any atom is 0.316 e. The van der Waals surface area contributed by atoms with Crippen LogP contribution in [0.2, 0.25) is 0 Å². The van der Waals surface area contributed by atoms with Crippen molar-refractivity contribution in [3.8, 4) is 0 Å². The molecule has 0 atom stereocenters. The molecular weight excluding hydrogens is 72.3 g/mol. The topological polar surface area (TPSA) is 0 Å². The second-order valence-electron chi connectivity index (χ2n) is 1.22. The van der Waals surface area contributed by atoms with E-state index in [9.17, 15) is 0 Å². The Labute approximate surface area is 49.1 Å². The number of hydrogen-bond donors (Lipinski definition) is 0. The van der Waals surface area contributed by atoms with Crippen molar-refractivity contribution in [2.75, 3.05) is 0 Å². The molecule has 0 heterocycles. The highest BCUT2D eigenvalue weighted by atomic mass is 24.3. The van der Waals surface area contributed by atoms with Gasteiger partial charge in [0.2, 0.25) is 0 Å². The van der Waals surface area contributed by atoms with Gasteiger partial charge in [-0.3, -0.25) is 0 Å². The molecule has 5 heavy (non-hydrogen) atoms. The van der Waals surface area contributed by atoms with E-state index in [-0.39, 0.29) is 23.1 Å². The van der Waals surface area contributed by atoms with Crippen molar-refractivity contribution in [3.05, 3.63) is 6.42 Å². The molecule has 0 spiro atoms. The van der Waals surface area contributed by atoms with Gasteiger partial charge < -0.3 is 0 Å². The summed E-state index contributed by atoms with van der Waals surface area (Å²) in [5.41, 5.74) is 0. The van der Waals surface area contributed by atoms with E-state index in [2.05, 4.69) is 6.42 Å². The Balaban J connectivity index is 0.000000160. The Kier molecular flexibility index (Phi) is 3.43. The van der Waals surface area contributed by atoms with Crippen LogP contribution in [0.5, 0.6) is 0 Å². The summed E-state index contributed by atoms with van der Waals surface area (Å²) in [6.45, 7) is 0. The second-order valence-corrected chi connectivity index (χ2v) is 1.22. The van der Waals surface area contributed by atoms with E-state index in [0.29, 0.717) is 0 Å². The zero-order valence-electron chi connectivity index (χ0n) is 2.70. The van der Waals surface area contributed by atoms with E-state index < -0.39 is 0 Å². The zero-order valence-corrected chi connectivity index (χ0v) is 2.70. The molecule has 0 aromatic carbocycles. The molecule has 0 N–H and O–H groups in total. The van der Waals surface area contributed by atoms with Crippen LogP contribution in [0.15, 0.2) is 0 Å². The lowest BCUT2D eigenvalue weighted by Gasteiger charge is -2.05. The Morgan fingerprint density at radius 2 is 1.40 bits per heavy atom. The average Bonchev–Trinajstić information content (AvgIpc) is 0.722. The highest BCUT2D eigenvalue weighted by Gasteiger charge is 1.95. The van der Waals surface area contributed by atoms with E-state index in [4.69, 9.17) is 0 Å². The standard InChI is InChI=1S/C4H7.Mg.2H/c1-2-4-3-1;;;/h1H,2-4H2;;;. The molecular formula is C4H9Mg. The monoisotopic (exact) mass is 81.1 g/mol. The van der Waals surface area contributed by atoms with Crippen molar-refractivity contribution in [2.24, 2.45) is 0 Å². The molecule has 0 nitrogen and oxygen atoms in total. The molecule has 1 fully saturated rings. The zero-order chi connectivity index (χ0) is 2.83. The van der Waals surface area contributed by atoms with Crippen molar-refractivity contribution < 1.29 is 0 Å². The summed E-state index contributed by atoms with van der Waals surface area (Å²) < 4.78 is 0. The van der Waals surface area contributed by atoms with E-state index in [0.717, 1.165) is 0 Å². The van der Waals surface area contributed by atoms with Crippen molar-refractivity contribution in [1.82, 2.24) is 0 Å². The lowest BCUT2D eigenvalue weighted by atomic mass is 10.0. The van der Waals surface area contributed by atoms with E-state index >= 15 is 0 Å². The molecule has 1 saturated carbocycles. The molecule has 0 aromatic rings. The van der Waals surface area contributed by atoms with Gasteiger partial charge in [-0.2, -0.15) is 0 Å². The van der Waals surface area contributed by atoms with Crippen LogP contribution in [-0.4, -0.2) is 23.1 Å². The molecule has 0 aromatic heterocycles. The Hall–Kier alpha value is 0.766. The Morgan fingerprint density at radius 3 is 1.40 bits per heavy atom. The summed E-state index contributed by atoms with van der Waals surface area (Å²) in [6, 6.07) is 0. The van der Waals surface area contributed by atoms with Crippen LogP contribution in [0.25, 0.3) is 0 Å². The molecule has 0 aliphatic heterocycles. The first-order valence-corrected chi connectivity index (χ1v) is 1.82. The third-order valence-electron chi connectivity index (χ3n) is 0.816. The van der Waals surface area contributed by atoms with Gasteiger partial charge in [0.1, 0.15) is 0 Å². The van der Waals surface area contributed by atoms with Gasteiger partial charge in [0.05, 0.1) is 0 Å². The van der Waals surface area contributed by atoms with Crippen molar-refractivity contribution >= 4 is 23.1 Å². The first-order chi connectivity index (χ1) is 2.00. The lowest BCUT2D eigenvalue weighted by molar-refractivity contribution is 0.652. The maximum atomic E-state index is 2.31. The minimum absolute atomic E-state index is 0. The van der Waals surface area contributed by atoms with Gasteiger partial charge >= 0.3 is 23.1 Å². The molecule has 27 valence electrons. The molecule has 1 aliphatic rings. The third kappa shape index (κ3) is 1.61. The Bertz CT molecular complexity index is 11.6. The van der Waals surface area contributed by atoms with Crippen molar-refractivity contribution in [3.63, 3.8) is 0 Å². The van der Waals surface area contributed by atoms with Crippen molar-refractivity contribution in [2.45, 2.75) is 19.3 Å². The van der Waals surface area contributed by atoms with Crippen LogP contribution in [-0.2, 0) is 0 Å². The van der Waals surface area contributed by atoms with Crippen LogP contribution >= 0.6 is 0 Å². The van der Waals surface area contributed by atoms with Crippen LogP contribution in [0.1, 0.15) is 19.3 Å². The van der Waals surface area contributed by atoms with Crippen LogP contribution < -0.4 is 0 Å². The summed E-state index contributed by atoms with van der Waals surface area (Å²) in [6.07, 6.45) is 6.50. The summed E-state index contributed by atoms with van der Waals surface area (Å²) >= 11 is 0. The minimum atomic E-state index is 0. The molecule has 1 aliphatic carbocycles. The summed E-state index contributed by atoms with van der Waals surface area (Å²) in [4.78, 5) is 0. The quantitative estimate of drug-likeness (QED) is 0.372. The molecule has 0 unspecified atom stereocenters. The molecule has 0 saturated heterocycles. The van der Waals surface area contributed by atoms with Crippen molar-refractivity contribution in [1.29, 1.82) is 0 Å². The fourth-order valence-corrected chi connectivity index (χ4v) is 0.204. The second kappa shape index (κ2) is 2.98. The third-order valence-corrected chi connectivity index (χ3v) is 0.816. The van der Waals surface area contributed by atoms with E-state index in [1.807, 2.05) is 0 Å². The predicted molar refractivity (Wildman–Crippen MR) is 26.7 cm³/mol. The maximum absolute atomic E-state index is 2.31. The molecule has 1 rings (SSSR count).